The number of rotatable bonds is 5. The Balaban J connectivity index is 1.87. The maximum absolute atomic E-state index is 14.0. The molecule has 0 saturated heterocycles. The van der Waals surface area contributed by atoms with Crippen molar-refractivity contribution < 1.29 is 22.0 Å². The topological polar surface area (TPSA) is 60.7 Å². The number of nitriles is 1. The molecule has 1 aromatic heterocycles. The Kier molecular flexibility index (Phi) is 5.29. The van der Waals surface area contributed by atoms with E-state index in [-0.39, 0.29) is 45.8 Å². The summed E-state index contributed by atoms with van der Waals surface area (Å²) in [6.07, 6.45) is -2.39. The highest BCUT2D eigenvalue weighted by Gasteiger charge is 2.45. The zero-order chi connectivity index (χ0) is 21.3. The standard InChI is InChI=1S/C20H15F5N4/c1-10-15-4-13(21)5-18(22)17(15)6-16(10)19(20(23,24)25)29-11(2)28-14-3-12(7-26)8-27-9-14/h3-5,8-9,19,28-29H,2,6H2,1H3. The van der Waals surface area contributed by atoms with E-state index in [9.17, 15) is 22.0 Å². The Morgan fingerprint density at radius 2 is 1.97 bits per heavy atom. The fraction of sp³-hybridized carbons (Fsp3) is 0.200. The first-order valence-corrected chi connectivity index (χ1v) is 8.42. The summed E-state index contributed by atoms with van der Waals surface area (Å²) in [5, 5.41) is 13.8. The van der Waals surface area contributed by atoms with Gasteiger partial charge in [0.25, 0.3) is 0 Å². The lowest BCUT2D eigenvalue weighted by Crippen LogP contribution is -2.44. The molecule has 150 valence electrons. The fourth-order valence-electron chi connectivity index (χ4n) is 3.25. The van der Waals surface area contributed by atoms with E-state index in [4.69, 9.17) is 5.26 Å². The van der Waals surface area contributed by atoms with Crippen LogP contribution >= 0.6 is 0 Å². The molecule has 2 aromatic rings. The second-order valence-corrected chi connectivity index (χ2v) is 6.54. The van der Waals surface area contributed by atoms with Crippen LogP contribution in [0.2, 0.25) is 0 Å². The summed E-state index contributed by atoms with van der Waals surface area (Å²) in [6.45, 7) is 4.95. The molecule has 0 spiro atoms. The molecule has 1 aliphatic rings. The van der Waals surface area contributed by atoms with E-state index in [1.54, 1.807) is 0 Å². The summed E-state index contributed by atoms with van der Waals surface area (Å²) in [5.74, 6) is -1.92. The van der Waals surface area contributed by atoms with Gasteiger partial charge in [-0.3, -0.25) is 4.98 Å². The van der Waals surface area contributed by atoms with Crippen molar-refractivity contribution in [3.63, 3.8) is 0 Å². The first kappa shape index (κ1) is 20.3. The van der Waals surface area contributed by atoms with Gasteiger partial charge in [0.2, 0.25) is 0 Å². The molecule has 0 aliphatic heterocycles. The molecular weight excluding hydrogens is 391 g/mol. The van der Waals surface area contributed by atoms with Crippen LogP contribution in [0.4, 0.5) is 27.6 Å². The van der Waals surface area contributed by atoms with Gasteiger partial charge in [-0.2, -0.15) is 18.4 Å². The SMILES string of the molecule is C=C(Nc1cncc(C#N)c1)NC(C1=C(C)c2cc(F)cc(F)c2C1)C(F)(F)F. The number of hydrogen-bond acceptors (Lipinski definition) is 4. The molecule has 4 nitrogen and oxygen atoms in total. The van der Waals surface area contributed by atoms with Crippen LogP contribution in [0.1, 0.15) is 23.6 Å². The quantitative estimate of drug-likeness (QED) is 0.709. The minimum absolute atomic E-state index is 0.0273. The lowest BCUT2D eigenvalue weighted by atomic mass is 10.0. The third kappa shape index (κ3) is 4.21. The molecule has 0 saturated carbocycles. The molecule has 0 amide bonds. The van der Waals surface area contributed by atoms with Crippen LogP contribution in [0, 0.1) is 23.0 Å². The summed E-state index contributed by atoms with van der Waals surface area (Å²) in [5.41, 5.74) is 0.684. The van der Waals surface area contributed by atoms with Crippen molar-refractivity contribution in [2.45, 2.75) is 25.6 Å². The average molecular weight is 406 g/mol. The molecule has 29 heavy (non-hydrogen) atoms. The second kappa shape index (κ2) is 7.54. The molecule has 1 atom stereocenters. The maximum atomic E-state index is 14.0. The predicted molar refractivity (Wildman–Crippen MR) is 97.3 cm³/mol. The number of anilines is 1. The van der Waals surface area contributed by atoms with Crippen LogP contribution in [0.5, 0.6) is 0 Å². The smallest absolute Gasteiger partial charge is 0.357 e. The first-order chi connectivity index (χ1) is 13.6. The molecular formula is C20H15F5N4. The van der Waals surface area contributed by atoms with Gasteiger partial charge in [0.15, 0.2) is 0 Å². The van der Waals surface area contributed by atoms with Crippen molar-refractivity contribution in [1.82, 2.24) is 10.3 Å². The maximum Gasteiger partial charge on any atom is 0.412 e. The predicted octanol–water partition coefficient (Wildman–Crippen LogP) is 4.66. The van der Waals surface area contributed by atoms with Gasteiger partial charge < -0.3 is 10.6 Å². The summed E-state index contributed by atoms with van der Waals surface area (Å²) < 4.78 is 68.9. The van der Waals surface area contributed by atoms with Crippen LogP contribution in [-0.2, 0) is 6.42 Å². The normalized spacial score (nSPS) is 14.2. The number of allylic oxidation sites excluding steroid dienone is 1. The number of nitrogens with one attached hydrogen (secondary N) is 2. The summed E-state index contributed by atoms with van der Waals surface area (Å²) in [6, 6.07) is 2.79. The number of pyridine rings is 1. The minimum Gasteiger partial charge on any atom is -0.357 e. The van der Waals surface area contributed by atoms with E-state index >= 15 is 0 Å². The van der Waals surface area contributed by atoms with Crippen molar-refractivity contribution in [2.24, 2.45) is 0 Å². The van der Waals surface area contributed by atoms with Crippen molar-refractivity contribution in [3.05, 3.63) is 76.9 Å². The van der Waals surface area contributed by atoms with Crippen LogP contribution < -0.4 is 10.6 Å². The van der Waals surface area contributed by atoms with Gasteiger partial charge in [-0.1, -0.05) is 6.58 Å². The highest BCUT2D eigenvalue weighted by Crippen LogP contribution is 2.40. The minimum atomic E-state index is -4.72. The van der Waals surface area contributed by atoms with Crippen molar-refractivity contribution in [1.29, 1.82) is 5.26 Å². The third-order valence-corrected chi connectivity index (χ3v) is 4.57. The summed E-state index contributed by atoms with van der Waals surface area (Å²) in [4.78, 5) is 3.81. The number of alkyl halides is 3. The molecule has 1 aliphatic carbocycles. The number of aromatic nitrogens is 1. The Bertz CT molecular complexity index is 1050. The van der Waals surface area contributed by atoms with E-state index in [0.717, 1.165) is 6.07 Å². The zero-order valence-corrected chi connectivity index (χ0v) is 15.2. The van der Waals surface area contributed by atoms with Gasteiger partial charge in [-0.05, 0) is 47.8 Å². The van der Waals surface area contributed by atoms with Gasteiger partial charge in [0.1, 0.15) is 23.7 Å². The number of fused-ring (bicyclic) bond motifs is 1. The lowest BCUT2D eigenvalue weighted by molar-refractivity contribution is -0.145. The Labute approximate surface area is 163 Å². The second-order valence-electron chi connectivity index (χ2n) is 6.54. The zero-order valence-electron chi connectivity index (χ0n) is 15.2. The Morgan fingerprint density at radius 1 is 1.24 bits per heavy atom. The van der Waals surface area contributed by atoms with E-state index in [1.165, 1.54) is 25.4 Å². The molecule has 1 aromatic carbocycles. The molecule has 0 radical (unpaired) electrons. The molecule has 2 N–H and O–H groups in total. The number of hydrogen-bond donors (Lipinski definition) is 2. The summed E-state index contributed by atoms with van der Waals surface area (Å²) >= 11 is 0. The van der Waals surface area contributed by atoms with Gasteiger partial charge in [-0.25, -0.2) is 8.78 Å². The van der Waals surface area contributed by atoms with E-state index < -0.39 is 23.9 Å². The molecule has 1 heterocycles. The lowest BCUT2D eigenvalue weighted by Gasteiger charge is -2.26. The number of halogens is 5. The molecule has 1 unspecified atom stereocenters. The highest BCUT2D eigenvalue weighted by atomic mass is 19.4. The number of benzene rings is 1. The number of nitrogens with zero attached hydrogens (tertiary/aromatic N) is 2. The van der Waals surface area contributed by atoms with Crippen LogP contribution in [0.15, 0.2) is 48.6 Å². The molecule has 3 rings (SSSR count). The van der Waals surface area contributed by atoms with Crippen molar-refractivity contribution >= 4 is 11.3 Å². The van der Waals surface area contributed by atoms with Crippen LogP contribution in [-0.4, -0.2) is 17.2 Å². The van der Waals surface area contributed by atoms with Gasteiger partial charge in [-0.15, -0.1) is 0 Å². The van der Waals surface area contributed by atoms with Crippen molar-refractivity contribution in [3.8, 4) is 6.07 Å². The van der Waals surface area contributed by atoms with Gasteiger partial charge in [0.05, 0.1) is 23.3 Å². The molecule has 9 heteroatoms. The summed E-state index contributed by atoms with van der Waals surface area (Å²) in [7, 11) is 0. The third-order valence-electron chi connectivity index (χ3n) is 4.57. The Morgan fingerprint density at radius 3 is 2.62 bits per heavy atom. The Hall–Kier alpha value is -3.41. The van der Waals surface area contributed by atoms with Gasteiger partial charge >= 0.3 is 6.18 Å². The molecule has 0 bridgehead atoms. The first-order valence-electron chi connectivity index (χ1n) is 8.42. The van der Waals surface area contributed by atoms with E-state index in [1.807, 2.05) is 6.07 Å². The van der Waals surface area contributed by atoms with Crippen LogP contribution in [0.25, 0.3) is 5.57 Å². The largest absolute Gasteiger partial charge is 0.412 e. The van der Waals surface area contributed by atoms with Crippen LogP contribution in [0.3, 0.4) is 0 Å². The van der Waals surface area contributed by atoms with Gasteiger partial charge in [0, 0.05) is 12.3 Å². The highest BCUT2D eigenvalue weighted by molar-refractivity contribution is 5.76. The van der Waals surface area contributed by atoms with Crippen molar-refractivity contribution in [2.75, 3.05) is 5.32 Å². The molecule has 0 fully saturated rings. The average Bonchev–Trinajstić information content (AvgIpc) is 2.96. The van der Waals surface area contributed by atoms with E-state index in [0.29, 0.717) is 6.07 Å². The monoisotopic (exact) mass is 406 g/mol. The fourth-order valence-corrected chi connectivity index (χ4v) is 3.25. The van der Waals surface area contributed by atoms with E-state index in [2.05, 4.69) is 22.2 Å².